The minimum Gasteiger partial charge on any atom is -0.508 e. The van der Waals surface area contributed by atoms with Crippen LogP contribution in [0.2, 0.25) is 0 Å². The first kappa shape index (κ1) is 17.4. The van der Waals surface area contributed by atoms with Crippen LogP contribution in [0.4, 0.5) is 0 Å². The average Bonchev–Trinajstić information content (AvgIpc) is 2.55. The third-order valence-corrected chi connectivity index (χ3v) is 7.59. The van der Waals surface area contributed by atoms with Crippen LogP contribution in [0.25, 0.3) is 0 Å². The fourth-order valence-electron chi connectivity index (χ4n) is 5.51. The summed E-state index contributed by atoms with van der Waals surface area (Å²) in [5, 5.41) is 19.9. The predicted molar refractivity (Wildman–Crippen MR) is 99.2 cm³/mol. The van der Waals surface area contributed by atoms with E-state index in [1.54, 1.807) is 23.8 Å². The Labute approximate surface area is 146 Å². The van der Waals surface area contributed by atoms with Crippen molar-refractivity contribution in [3.63, 3.8) is 0 Å². The molecule has 0 spiro atoms. The van der Waals surface area contributed by atoms with Gasteiger partial charge in [-0.25, -0.2) is 0 Å². The van der Waals surface area contributed by atoms with E-state index >= 15 is 0 Å². The molecule has 0 amide bonds. The van der Waals surface area contributed by atoms with Crippen LogP contribution in [0.15, 0.2) is 29.8 Å². The molecule has 24 heavy (non-hydrogen) atoms. The summed E-state index contributed by atoms with van der Waals surface area (Å²) in [6, 6.07) is 4.88. The van der Waals surface area contributed by atoms with Crippen molar-refractivity contribution in [2.75, 3.05) is 0 Å². The van der Waals surface area contributed by atoms with Crippen LogP contribution in [0.3, 0.4) is 0 Å². The summed E-state index contributed by atoms with van der Waals surface area (Å²) in [5.74, 6) is 1.95. The highest BCUT2D eigenvalue weighted by atomic mass is 16.3. The zero-order valence-electron chi connectivity index (χ0n) is 15.6. The number of benzene rings is 1. The molecule has 2 aliphatic rings. The standard InChI is InChI=1S/C22H32O2/c1-15-6-5-7-20-21(15,3)12-10-16(2)22(20,4)13-11-17-14-18(23)8-9-19(17)24/h6,8-9,14,16,20,23-24H,5,7,10-13H2,1-4H3/t16-,20?,21+,22+/m0/s1. The largest absolute Gasteiger partial charge is 0.508 e. The van der Waals surface area contributed by atoms with Crippen LogP contribution in [0.1, 0.15) is 65.4 Å². The van der Waals surface area contributed by atoms with Gasteiger partial charge in [0.05, 0.1) is 0 Å². The van der Waals surface area contributed by atoms with E-state index in [2.05, 4.69) is 33.8 Å². The number of hydrogen-bond acceptors (Lipinski definition) is 2. The zero-order valence-corrected chi connectivity index (χ0v) is 15.6. The molecule has 0 aromatic heterocycles. The van der Waals surface area contributed by atoms with Crippen molar-refractivity contribution in [2.24, 2.45) is 22.7 Å². The minimum absolute atomic E-state index is 0.242. The number of hydrogen-bond donors (Lipinski definition) is 2. The van der Waals surface area contributed by atoms with Crippen LogP contribution < -0.4 is 0 Å². The number of fused-ring (bicyclic) bond motifs is 1. The van der Waals surface area contributed by atoms with Gasteiger partial charge in [0.2, 0.25) is 0 Å². The van der Waals surface area contributed by atoms with Crippen molar-refractivity contribution in [1.82, 2.24) is 0 Å². The van der Waals surface area contributed by atoms with Crippen molar-refractivity contribution in [3.8, 4) is 11.5 Å². The molecule has 2 nitrogen and oxygen atoms in total. The molecular weight excluding hydrogens is 296 g/mol. The van der Waals surface area contributed by atoms with Crippen LogP contribution in [-0.2, 0) is 6.42 Å². The van der Waals surface area contributed by atoms with Gasteiger partial charge in [-0.05, 0) is 91.9 Å². The maximum atomic E-state index is 10.1. The Morgan fingerprint density at radius 1 is 1.17 bits per heavy atom. The van der Waals surface area contributed by atoms with Gasteiger partial charge in [0, 0.05) is 0 Å². The van der Waals surface area contributed by atoms with Crippen LogP contribution in [-0.4, -0.2) is 10.2 Å². The Balaban J connectivity index is 1.86. The minimum atomic E-state index is 0.242. The Morgan fingerprint density at radius 2 is 1.92 bits per heavy atom. The highest BCUT2D eigenvalue weighted by molar-refractivity contribution is 5.38. The summed E-state index contributed by atoms with van der Waals surface area (Å²) < 4.78 is 0. The van der Waals surface area contributed by atoms with Crippen molar-refractivity contribution in [3.05, 3.63) is 35.4 Å². The van der Waals surface area contributed by atoms with Crippen molar-refractivity contribution in [2.45, 2.75) is 66.2 Å². The Kier molecular flexibility index (Phi) is 4.44. The summed E-state index contributed by atoms with van der Waals surface area (Å²) in [4.78, 5) is 0. The molecule has 3 rings (SSSR count). The first-order valence-electron chi connectivity index (χ1n) is 9.45. The molecule has 0 radical (unpaired) electrons. The third-order valence-electron chi connectivity index (χ3n) is 7.59. The topological polar surface area (TPSA) is 40.5 Å². The normalized spacial score (nSPS) is 36.1. The summed E-state index contributed by atoms with van der Waals surface area (Å²) >= 11 is 0. The van der Waals surface area contributed by atoms with E-state index in [4.69, 9.17) is 0 Å². The van der Waals surface area contributed by atoms with Crippen LogP contribution in [0.5, 0.6) is 11.5 Å². The molecule has 0 bridgehead atoms. The predicted octanol–water partition coefficient (Wildman–Crippen LogP) is 5.83. The molecule has 0 heterocycles. The summed E-state index contributed by atoms with van der Waals surface area (Å²) in [6.07, 6.45) is 9.41. The van der Waals surface area contributed by atoms with Crippen molar-refractivity contribution < 1.29 is 10.2 Å². The Bertz CT molecular complexity index is 647. The number of phenols is 2. The molecule has 2 heteroatoms. The van der Waals surface area contributed by atoms with E-state index in [0.717, 1.165) is 18.4 Å². The van der Waals surface area contributed by atoms with E-state index in [1.807, 2.05) is 0 Å². The number of aromatic hydroxyl groups is 2. The smallest absolute Gasteiger partial charge is 0.119 e. The lowest BCUT2D eigenvalue weighted by Crippen LogP contribution is -2.49. The van der Waals surface area contributed by atoms with Crippen LogP contribution in [0, 0.1) is 22.7 Å². The van der Waals surface area contributed by atoms with Gasteiger partial charge in [0.25, 0.3) is 0 Å². The van der Waals surface area contributed by atoms with E-state index < -0.39 is 0 Å². The van der Waals surface area contributed by atoms with Gasteiger partial charge in [-0.2, -0.15) is 0 Å². The van der Waals surface area contributed by atoms with Crippen molar-refractivity contribution >= 4 is 0 Å². The van der Waals surface area contributed by atoms with Crippen molar-refractivity contribution in [1.29, 1.82) is 0 Å². The van der Waals surface area contributed by atoms with Gasteiger partial charge in [-0.1, -0.05) is 32.4 Å². The van der Waals surface area contributed by atoms with Gasteiger partial charge in [-0.3, -0.25) is 0 Å². The lowest BCUT2D eigenvalue weighted by molar-refractivity contribution is -0.0467. The second-order valence-electron chi connectivity index (χ2n) is 8.69. The van der Waals surface area contributed by atoms with Gasteiger partial charge in [0.1, 0.15) is 11.5 Å². The van der Waals surface area contributed by atoms with Gasteiger partial charge in [-0.15, -0.1) is 0 Å². The molecule has 4 atom stereocenters. The highest BCUT2D eigenvalue weighted by Crippen LogP contribution is 2.61. The van der Waals surface area contributed by atoms with E-state index in [9.17, 15) is 10.2 Å². The fraction of sp³-hybridized carbons (Fsp3) is 0.636. The molecule has 1 saturated carbocycles. The Hall–Kier alpha value is -1.44. The summed E-state index contributed by atoms with van der Waals surface area (Å²) in [6.45, 7) is 9.68. The molecule has 1 aromatic rings. The number of phenolic OH excluding ortho intramolecular Hbond substituents is 2. The molecule has 2 N–H and O–H groups in total. The van der Waals surface area contributed by atoms with E-state index in [-0.39, 0.29) is 11.2 Å². The first-order valence-corrected chi connectivity index (χ1v) is 9.45. The van der Waals surface area contributed by atoms with E-state index in [0.29, 0.717) is 23.0 Å². The number of allylic oxidation sites excluding steroid dienone is 2. The highest BCUT2D eigenvalue weighted by Gasteiger charge is 2.52. The fourth-order valence-corrected chi connectivity index (χ4v) is 5.51. The molecule has 1 aromatic carbocycles. The molecule has 1 unspecified atom stereocenters. The lowest BCUT2D eigenvalue weighted by Gasteiger charge is -2.58. The zero-order chi connectivity index (χ0) is 17.5. The van der Waals surface area contributed by atoms with Gasteiger partial charge < -0.3 is 10.2 Å². The second kappa shape index (κ2) is 6.13. The summed E-state index contributed by atoms with van der Waals surface area (Å²) in [7, 11) is 0. The number of rotatable bonds is 3. The first-order chi connectivity index (χ1) is 11.3. The SMILES string of the molecule is CC1=CCCC2[C@](C)(CCc3cc(O)ccc3O)[C@@H](C)CC[C@]12C. The quantitative estimate of drug-likeness (QED) is 0.541. The molecule has 0 saturated heterocycles. The second-order valence-corrected chi connectivity index (χ2v) is 8.69. The van der Waals surface area contributed by atoms with Gasteiger partial charge >= 0.3 is 0 Å². The molecule has 132 valence electrons. The Morgan fingerprint density at radius 3 is 2.67 bits per heavy atom. The molecule has 2 aliphatic carbocycles. The monoisotopic (exact) mass is 328 g/mol. The van der Waals surface area contributed by atoms with Crippen LogP contribution >= 0.6 is 0 Å². The third kappa shape index (κ3) is 2.74. The molecule has 0 aliphatic heterocycles. The number of aryl methyl sites for hydroxylation is 1. The van der Waals surface area contributed by atoms with Gasteiger partial charge in [0.15, 0.2) is 0 Å². The van der Waals surface area contributed by atoms with E-state index in [1.165, 1.54) is 25.7 Å². The average molecular weight is 328 g/mol. The summed E-state index contributed by atoms with van der Waals surface area (Å²) in [5.41, 5.74) is 3.07. The maximum absolute atomic E-state index is 10.1. The lowest BCUT2D eigenvalue weighted by atomic mass is 9.47. The molecular formula is C22H32O2. The molecule has 1 fully saturated rings. The maximum Gasteiger partial charge on any atom is 0.119 e.